The fraction of sp³-hybridized carbons (Fsp3) is 0.324. The van der Waals surface area contributed by atoms with Crippen LogP contribution in [0.2, 0.25) is 5.02 Å². The van der Waals surface area contributed by atoms with E-state index in [-0.39, 0.29) is 5.82 Å². The van der Waals surface area contributed by atoms with E-state index in [1.807, 2.05) is 67.3 Å². The van der Waals surface area contributed by atoms with Crippen molar-refractivity contribution in [2.75, 3.05) is 19.1 Å². The van der Waals surface area contributed by atoms with E-state index >= 15 is 0 Å². The highest BCUT2D eigenvalue weighted by molar-refractivity contribution is 6.31. The number of benzene rings is 3. The lowest BCUT2D eigenvalue weighted by atomic mass is 9.91. The molecule has 1 fully saturated rings. The summed E-state index contributed by atoms with van der Waals surface area (Å²) in [6, 6.07) is 16.3. The van der Waals surface area contributed by atoms with Crippen molar-refractivity contribution in [2.45, 2.75) is 45.3 Å². The topological polar surface area (TPSA) is 84.7 Å². The smallest absolute Gasteiger partial charge is 0.292 e. The molecule has 43 heavy (non-hydrogen) atoms. The van der Waals surface area contributed by atoms with Crippen LogP contribution in [-0.2, 0) is 21.4 Å². The van der Waals surface area contributed by atoms with Crippen LogP contribution in [0.25, 0.3) is 28.1 Å². The number of fused-ring (bicyclic) bond motifs is 1. The quantitative estimate of drug-likeness (QED) is 0.171. The van der Waals surface area contributed by atoms with Crippen LogP contribution in [-0.4, -0.2) is 41.8 Å². The van der Waals surface area contributed by atoms with Crippen LogP contribution in [0.15, 0.2) is 66.9 Å². The molecule has 1 saturated carbocycles. The maximum atomic E-state index is 14.0. The van der Waals surface area contributed by atoms with Gasteiger partial charge >= 0.3 is 0 Å². The lowest BCUT2D eigenvalue weighted by molar-refractivity contribution is -0.126. The molecule has 1 atom stereocenters. The predicted molar refractivity (Wildman–Crippen MR) is 171 cm³/mol. The van der Waals surface area contributed by atoms with E-state index in [2.05, 4.69) is 15.9 Å². The van der Waals surface area contributed by atoms with Gasteiger partial charge in [0.25, 0.3) is 6.47 Å². The van der Waals surface area contributed by atoms with Gasteiger partial charge in [-0.25, -0.2) is 4.39 Å². The number of carbonyl (C=O) groups is 2. The number of hydrogen-bond acceptors (Lipinski definition) is 6. The molecule has 1 aliphatic rings. The summed E-state index contributed by atoms with van der Waals surface area (Å²) in [6.45, 7) is 2.25. The maximum Gasteiger partial charge on any atom is 0.292 e. The fourth-order valence-electron chi connectivity index (χ4n) is 4.97. The average molecular weight is 608 g/mol. The molecule has 7 nitrogen and oxygen atoms in total. The summed E-state index contributed by atoms with van der Waals surface area (Å²) < 4.78 is 19.7. The highest BCUT2D eigenvalue weighted by Crippen LogP contribution is 2.33. The number of aliphatic hydroxyl groups excluding tert-OH is 1. The summed E-state index contributed by atoms with van der Waals surface area (Å²) >= 11 is 6.55. The van der Waals surface area contributed by atoms with Gasteiger partial charge in [0, 0.05) is 41.7 Å². The van der Waals surface area contributed by atoms with Crippen molar-refractivity contribution < 1.29 is 23.8 Å². The molecule has 0 saturated heterocycles. The number of carbonyl (C=O) groups excluding carboxylic acids is 2. The first-order chi connectivity index (χ1) is 20.7. The number of allylic oxidation sites excluding steroid dienone is 1. The Bertz CT molecular complexity index is 1530. The van der Waals surface area contributed by atoms with Crippen molar-refractivity contribution in [3.05, 3.63) is 88.8 Å². The van der Waals surface area contributed by atoms with Gasteiger partial charge in [-0.3, -0.25) is 9.48 Å². The van der Waals surface area contributed by atoms with Gasteiger partial charge in [-0.05, 0) is 72.9 Å². The zero-order valence-electron chi connectivity index (χ0n) is 25.0. The van der Waals surface area contributed by atoms with Gasteiger partial charge in [0.2, 0.25) is 0 Å². The van der Waals surface area contributed by atoms with Crippen LogP contribution in [0.1, 0.15) is 56.4 Å². The van der Waals surface area contributed by atoms with E-state index in [0.717, 1.165) is 46.7 Å². The molecular formula is C34H39ClFN3O4. The number of nitrogens with zero attached hydrogens (tertiary/aromatic N) is 3. The normalized spacial score (nSPS) is 13.8. The van der Waals surface area contributed by atoms with Gasteiger partial charge in [0.15, 0.2) is 6.23 Å². The minimum atomic E-state index is -1.03. The second-order valence-corrected chi connectivity index (χ2v) is 10.8. The number of aromatic nitrogens is 2. The van der Waals surface area contributed by atoms with Crippen molar-refractivity contribution in [1.29, 1.82) is 0 Å². The minimum absolute atomic E-state index is 0.364. The van der Waals surface area contributed by atoms with Crippen LogP contribution in [0.3, 0.4) is 0 Å². The number of aldehydes is 1. The first-order valence-corrected chi connectivity index (χ1v) is 14.6. The second kappa shape index (κ2) is 16.6. The third-order valence-corrected chi connectivity index (χ3v) is 7.66. The Labute approximate surface area is 257 Å². The van der Waals surface area contributed by atoms with Crippen LogP contribution < -0.4 is 4.90 Å². The first kappa shape index (κ1) is 33.5. The summed E-state index contributed by atoms with van der Waals surface area (Å²) in [5.41, 5.74) is 4.84. The SMILES string of the molecule is C/C=C/c1cc(F)cc(N(C)C(O)c2ccc(-c3ccc4c(cnn4C)c3)cc2Cl)c1.COC=O.O=CC1CCCCC1. The van der Waals surface area contributed by atoms with Gasteiger partial charge in [-0.1, -0.05) is 61.2 Å². The van der Waals surface area contributed by atoms with E-state index in [1.165, 1.54) is 38.5 Å². The zero-order valence-corrected chi connectivity index (χ0v) is 25.8. The van der Waals surface area contributed by atoms with Crippen molar-refractivity contribution in [2.24, 2.45) is 13.0 Å². The number of ether oxygens (including phenoxy) is 1. The Hall–Kier alpha value is -4.01. The molecule has 0 bridgehead atoms. The Morgan fingerprint density at radius 1 is 1.07 bits per heavy atom. The van der Waals surface area contributed by atoms with Gasteiger partial charge in [0.1, 0.15) is 12.1 Å². The molecule has 1 aliphatic carbocycles. The largest absolute Gasteiger partial charge is 0.471 e. The summed E-state index contributed by atoms with van der Waals surface area (Å²) in [7, 11) is 4.93. The molecule has 5 rings (SSSR count). The molecule has 1 N–H and O–H groups in total. The van der Waals surface area contributed by atoms with E-state index in [4.69, 9.17) is 16.4 Å². The molecule has 0 aliphatic heterocycles. The molecule has 1 unspecified atom stereocenters. The van der Waals surface area contributed by atoms with Crippen LogP contribution >= 0.6 is 11.6 Å². The van der Waals surface area contributed by atoms with E-state index in [0.29, 0.717) is 28.7 Å². The summed E-state index contributed by atoms with van der Waals surface area (Å²) in [6.07, 6.45) is 11.7. The predicted octanol–water partition coefficient (Wildman–Crippen LogP) is 7.75. The standard InChI is InChI=1S/C25H23ClFN3O.C7H12O.C2H4O2/c1-4-5-16-10-20(27)14-21(11-16)29(2)25(31)22-8-6-18(13-23(22)26)17-7-9-24-19(12-17)15-28-30(24)3;8-6-7-4-2-1-3-5-7;1-4-2-3/h4-15,25,31H,1-3H3;6-7H,1-5H2;2H,1H3/b5-4+;;. The highest BCUT2D eigenvalue weighted by Gasteiger charge is 2.19. The molecule has 0 radical (unpaired) electrons. The van der Waals surface area contributed by atoms with Crippen molar-refractivity contribution in [1.82, 2.24) is 9.78 Å². The van der Waals surface area contributed by atoms with E-state index in [1.54, 1.807) is 18.0 Å². The second-order valence-electron chi connectivity index (χ2n) is 10.4. The van der Waals surface area contributed by atoms with Crippen molar-refractivity contribution in [3.8, 4) is 11.1 Å². The Balaban J connectivity index is 0.000000353. The number of methoxy groups -OCH3 is 1. The Morgan fingerprint density at radius 3 is 2.35 bits per heavy atom. The summed E-state index contributed by atoms with van der Waals surface area (Å²) in [4.78, 5) is 20.7. The number of aryl methyl sites for hydroxylation is 1. The van der Waals surface area contributed by atoms with Gasteiger partial charge in [-0.2, -0.15) is 5.10 Å². The molecular weight excluding hydrogens is 569 g/mol. The highest BCUT2D eigenvalue weighted by atomic mass is 35.5. The molecule has 0 amide bonds. The molecule has 9 heteroatoms. The van der Waals surface area contributed by atoms with Crippen molar-refractivity contribution >= 4 is 47.0 Å². The van der Waals surface area contributed by atoms with Crippen LogP contribution in [0.4, 0.5) is 10.1 Å². The lowest BCUT2D eigenvalue weighted by Crippen LogP contribution is -2.24. The summed E-state index contributed by atoms with van der Waals surface area (Å²) in [5.74, 6) is 0.0423. The molecule has 4 aromatic rings. The molecule has 1 heterocycles. The lowest BCUT2D eigenvalue weighted by Gasteiger charge is -2.27. The first-order valence-electron chi connectivity index (χ1n) is 14.2. The summed E-state index contributed by atoms with van der Waals surface area (Å²) in [5, 5.41) is 16.7. The van der Waals surface area contributed by atoms with Crippen molar-refractivity contribution in [3.63, 3.8) is 0 Å². The average Bonchev–Trinajstić information content (AvgIpc) is 3.40. The molecule has 3 aromatic carbocycles. The number of hydrogen-bond donors (Lipinski definition) is 1. The minimum Gasteiger partial charge on any atom is -0.471 e. The Kier molecular flexibility index (Phi) is 12.9. The van der Waals surface area contributed by atoms with Gasteiger partial charge in [0.05, 0.1) is 18.8 Å². The molecule has 228 valence electrons. The third-order valence-electron chi connectivity index (χ3n) is 7.33. The molecule has 0 spiro atoms. The number of halogens is 2. The van der Waals surface area contributed by atoms with Gasteiger partial charge in [-0.15, -0.1) is 0 Å². The van der Waals surface area contributed by atoms with Gasteiger partial charge < -0.3 is 19.5 Å². The zero-order chi connectivity index (χ0) is 31.4. The van der Waals surface area contributed by atoms with E-state index in [9.17, 15) is 14.3 Å². The monoisotopic (exact) mass is 607 g/mol. The fourth-order valence-corrected chi connectivity index (χ4v) is 5.25. The number of anilines is 1. The Morgan fingerprint density at radius 2 is 1.74 bits per heavy atom. The molecule has 1 aromatic heterocycles. The maximum absolute atomic E-state index is 14.0. The third kappa shape index (κ3) is 9.24. The van der Waals surface area contributed by atoms with Crippen LogP contribution in [0.5, 0.6) is 0 Å². The van der Waals surface area contributed by atoms with Crippen LogP contribution in [0, 0.1) is 11.7 Å². The number of aliphatic hydroxyl groups is 1. The van der Waals surface area contributed by atoms with E-state index < -0.39 is 6.23 Å². The number of rotatable bonds is 7.